The lowest BCUT2D eigenvalue weighted by Gasteiger charge is -2.32. The Morgan fingerprint density at radius 2 is 1.88 bits per heavy atom. The standard InChI is InChI=1S/C26H23N3O3S/c1-2-3-4-5-6-7-12-28-24(30)16-9-8-15-21-18(11-10-17(22(16)21)25(28)31)26(32)29-20-14-33-13-19(20)27-23(15)29/h8-10,13-14,17H,2-7,12H2,1H3. The molecule has 2 aliphatic rings. The summed E-state index contributed by atoms with van der Waals surface area (Å²) in [4.78, 5) is 46.2. The molecule has 0 bridgehead atoms. The van der Waals surface area contributed by atoms with Crippen LogP contribution in [0.1, 0.15) is 67.3 Å². The monoisotopic (exact) mass is 457 g/mol. The van der Waals surface area contributed by atoms with Crippen LogP contribution in [0.4, 0.5) is 0 Å². The number of pyridine rings is 1. The number of unbranched alkanes of at least 4 members (excludes halogenated alkanes) is 5. The van der Waals surface area contributed by atoms with Crippen molar-refractivity contribution in [1.82, 2.24) is 14.3 Å². The summed E-state index contributed by atoms with van der Waals surface area (Å²) in [5.41, 5.74) is 6.16. The Hall–Kier alpha value is -3.28. The van der Waals surface area contributed by atoms with E-state index in [0.29, 0.717) is 33.9 Å². The Balaban J connectivity index is 1.47. The zero-order valence-corrected chi connectivity index (χ0v) is 19.2. The third-order valence-electron chi connectivity index (χ3n) is 6.90. The molecule has 0 saturated heterocycles. The molecule has 0 N–H and O–H groups in total. The molecule has 6 rings (SSSR count). The third kappa shape index (κ3) is 2.86. The van der Waals surface area contributed by atoms with Gasteiger partial charge in [0.1, 0.15) is 11.2 Å². The third-order valence-corrected chi connectivity index (χ3v) is 7.62. The molecule has 2 amide bonds. The molecule has 1 atom stereocenters. The maximum Gasteiger partial charge on any atom is 0.272 e. The van der Waals surface area contributed by atoms with Crippen LogP contribution in [-0.4, -0.2) is 32.6 Å². The molecule has 166 valence electrons. The zero-order chi connectivity index (χ0) is 22.7. The summed E-state index contributed by atoms with van der Waals surface area (Å²) in [5.74, 6) is -1.08. The van der Waals surface area contributed by atoms with Gasteiger partial charge in [-0.3, -0.25) is 23.7 Å². The number of hydrogen-bond donors (Lipinski definition) is 0. The lowest BCUT2D eigenvalue weighted by molar-refractivity contribution is -0.129. The molecule has 1 aliphatic carbocycles. The molecule has 1 aliphatic heterocycles. The number of hydrogen-bond acceptors (Lipinski definition) is 5. The minimum Gasteiger partial charge on any atom is -0.278 e. The fourth-order valence-corrected chi connectivity index (χ4v) is 5.98. The first-order chi connectivity index (χ1) is 16.1. The highest BCUT2D eigenvalue weighted by atomic mass is 32.1. The van der Waals surface area contributed by atoms with Crippen molar-refractivity contribution in [3.05, 3.63) is 55.7 Å². The van der Waals surface area contributed by atoms with Gasteiger partial charge in [-0.15, -0.1) is 17.1 Å². The zero-order valence-electron chi connectivity index (χ0n) is 18.4. The number of imidazole rings is 1. The van der Waals surface area contributed by atoms with Crippen LogP contribution in [0.25, 0.3) is 33.2 Å². The van der Waals surface area contributed by atoms with E-state index in [1.165, 1.54) is 35.5 Å². The Morgan fingerprint density at radius 1 is 1.06 bits per heavy atom. The van der Waals surface area contributed by atoms with Crippen molar-refractivity contribution in [2.24, 2.45) is 0 Å². The molecule has 0 saturated carbocycles. The van der Waals surface area contributed by atoms with Crippen molar-refractivity contribution in [3.63, 3.8) is 0 Å². The van der Waals surface area contributed by atoms with E-state index in [-0.39, 0.29) is 17.4 Å². The van der Waals surface area contributed by atoms with E-state index >= 15 is 0 Å². The predicted molar refractivity (Wildman–Crippen MR) is 130 cm³/mol. The van der Waals surface area contributed by atoms with Gasteiger partial charge >= 0.3 is 0 Å². The van der Waals surface area contributed by atoms with Crippen LogP contribution >= 0.6 is 11.3 Å². The van der Waals surface area contributed by atoms with Gasteiger partial charge in [-0.05, 0) is 30.2 Å². The van der Waals surface area contributed by atoms with Crippen LogP contribution in [0.5, 0.6) is 0 Å². The van der Waals surface area contributed by atoms with Crippen molar-refractivity contribution in [3.8, 4) is 0 Å². The van der Waals surface area contributed by atoms with Crippen LogP contribution in [-0.2, 0) is 4.79 Å². The van der Waals surface area contributed by atoms with E-state index in [2.05, 4.69) is 17.6 Å². The van der Waals surface area contributed by atoms with Crippen molar-refractivity contribution >= 4 is 56.3 Å². The van der Waals surface area contributed by atoms with Gasteiger partial charge in [0, 0.05) is 33.6 Å². The summed E-state index contributed by atoms with van der Waals surface area (Å²) >= 11 is 1.50. The van der Waals surface area contributed by atoms with Crippen LogP contribution in [0.15, 0.2) is 33.8 Å². The van der Waals surface area contributed by atoms with Gasteiger partial charge in [-0.25, -0.2) is 4.98 Å². The number of benzene rings is 1. The highest BCUT2D eigenvalue weighted by Gasteiger charge is 2.40. The van der Waals surface area contributed by atoms with Crippen molar-refractivity contribution in [2.45, 2.75) is 51.4 Å². The molecule has 7 heteroatoms. The first kappa shape index (κ1) is 20.3. The molecule has 1 unspecified atom stereocenters. The smallest absolute Gasteiger partial charge is 0.272 e. The SMILES string of the molecule is CCCCCCCCN1C(=O)c2ccc3c4c2C(C=C=c4c(=O)n2c4cscc4nc32)C1=O. The summed E-state index contributed by atoms with van der Waals surface area (Å²) < 4.78 is 1.62. The number of aromatic nitrogens is 2. The average Bonchev–Trinajstić information content (AvgIpc) is 3.42. The van der Waals surface area contributed by atoms with E-state index < -0.39 is 5.92 Å². The number of imide groups is 1. The minimum absolute atomic E-state index is 0.212. The van der Waals surface area contributed by atoms with E-state index in [1.54, 1.807) is 16.5 Å². The number of nitrogens with zero attached hydrogens (tertiary/aromatic N) is 3. The molecule has 0 radical (unpaired) electrons. The molecule has 6 nitrogen and oxygen atoms in total. The molecule has 33 heavy (non-hydrogen) atoms. The van der Waals surface area contributed by atoms with Gasteiger partial charge in [-0.2, -0.15) is 0 Å². The summed E-state index contributed by atoms with van der Waals surface area (Å²) in [6.07, 6.45) is 8.20. The molecule has 0 fully saturated rings. The average molecular weight is 458 g/mol. The fourth-order valence-electron chi connectivity index (χ4n) is 5.26. The quantitative estimate of drug-likeness (QED) is 0.309. The van der Waals surface area contributed by atoms with Crippen molar-refractivity contribution in [2.75, 3.05) is 6.54 Å². The molecular formula is C26H23N3O3S. The summed E-state index contributed by atoms with van der Waals surface area (Å²) in [6, 6.07) is 3.66. The minimum atomic E-state index is -0.591. The fraction of sp³-hybridized carbons (Fsp3) is 0.346. The Morgan fingerprint density at radius 3 is 2.73 bits per heavy atom. The Kier molecular flexibility index (Phi) is 4.71. The second kappa shape index (κ2) is 7.65. The maximum absolute atomic E-state index is 13.4. The first-order valence-electron chi connectivity index (χ1n) is 11.6. The highest BCUT2D eigenvalue weighted by molar-refractivity contribution is 7.09. The number of fused-ring (bicyclic) bond motifs is 4. The van der Waals surface area contributed by atoms with E-state index in [9.17, 15) is 14.4 Å². The normalized spacial score (nSPS) is 17.0. The maximum atomic E-state index is 13.4. The van der Waals surface area contributed by atoms with Crippen LogP contribution < -0.4 is 10.8 Å². The van der Waals surface area contributed by atoms with Gasteiger partial charge in [0.05, 0.1) is 16.7 Å². The molecule has 4 aromatic rings. The van der Waals surface area contributed by atoms with Gasteiger partial charge in [0.25, 0.3) is 11.5 Å². The summed E-state index contributed by atoms with van der Waals surface area (Å²) in [5, 5.41) is 5.66. The van der Waals surface area contributed by atoms with Gasteiger partial charge in [0.15, 0.2) is 0 Å². The molecular weight excluding hydrogens is 434 g/mol. The van der Waals surface area contributed by atoms with Crippen LogP contribution in [0, 0.1) is 0 Å². The number of rotatable bonds is 7. The molecule has 1 aromatic carbocycles. The summed E-state index contributed by atoms with van der Waals surface area (Å²) in [6.45, 7) is 2.61. The Bertz CT molecular complexity index is 1620. The lowest BCUT2D eigenvalue weighted by atomic mass is 9.82. The number of thiophene rings is 1. The van der Waals surface area contributed by atoms with E-state index in [0.717, 1.165) is 35.7 Å². The molecule has 3 aromatic heterocycles. The van der Waals surface area contributed by atoms with Crippen LogP contribution in [0.3, 0.4) is 0 Å². The number of amides is 2. The molecule has 0 spiro atoms. The van der Waals surface area contributed by atoms with Gasteiger partial charge in [0.2, 0.25) is 5.91 Å². The van der Waals surface area contributed by atoms with Gasteiger partial charge < -0.3 is 0 Å². The topological polar surface area (TPSA) is 71.8 Å². The van der Waals surface area contributed by atoms with Gasteiger partial charge in [-0.1, -0.05) is 39.0 Å². The Labute approximate surface area is 193 Å². The van der Waals surface area contributed by atoms with Crippen molar-refractivity contribution < 1.29 is 9.59 Å². The van der Waals surface area contributed by atoms with Crippen molar-refractivity contribution in [1.29, 1.82) is 0 Å². The first-order valence-corrected chi connectivity index (χ1v) is 12.6. The van der Waals surface area contributed by atoms with Crippen LogP contribution in [0.2, 0.25) is 0 Å². The largest absolute Gasteiger partial charge is 0.278 e. The summed E-state index contributed by atoms with van der Waals surface area (Å²) in [7, 11) is 0. The second-order valence-electron chi connectivity index (χ2n) is 8.89. The number of carbonyl (C=O) groups excluding carboxylic acids is 2. The predicted octanol–water partition coefficient (Wildman–Crippen LogP) is 4.16. The lowest BCUT2D eigenvalue weighted by Crippen LogP contribution is -2.46. The number of carbonyl (C=O) groups is 2. The highest BCUT2D eigenvalue weighted by Crippen LogP contribution is 2.37. The molecule has 4 heterocycles. The second-order valence-corrected chi connectivity index (χ2v) is 9.64. The van der Waals surface area contributed by atoms with E-state index in [4.69, 9.17) is 0 Å². The van der Waals surface area contributed by atoms with E-state index in [1.807, 2.05) is 16.8 Å².